The third-order valence-corrected chi connectivity index (χ3v) is 4.71. The van der Waals surface area contributed by atoms with E-state index in [1.54, 1.807) is 45.9 Å². The predicted octanol–water partition coefficient (Wildman–Crippen LogP) is 2.90. The van der Waals surface area contributed by atoms with Gasteiger partial charge in [-0.1, -0.05) is 18.2 Å². The second-order valence-electron chi connectivity index (χ2n) is 6.36. The number of ether oxygens (including phenoxy) is 2. The lowest BCUT2D eigenvalue weighted by atomic mass is 9.69. The molecule has 0 aliphatic carbocycles. The van der Waals surface area contributed by atoms with Crippen LogP contribution in [0.15, 0.2) is 29.3 Å². The number of hydrogen-bond acceptors (Lipinski definition) is 7. The van der Waals surface area contributed by atoms with Gasteiger partial charge in [0.2, 0.25) is 0 Å². The maximum atomic E-state index is 12.7. The van der Waals surface area contributed by atoms with Gasteiger partial charge >= 0.3 is 11.9 Å². The number of nitro benzene ring substituents is 1. The molecular formula is C19H24N2O6. The molecule has 0 saturated carbocycles. The fourth-order valence-corrected chi connectivity index (χ4v) is 3.69. The van der Waals surface area contributed by atoms with E-state index in [0.29, 0.717) is 11.3 Å². The van der Waals surface area contributed by atoms with Crippen LogP contribution < -0.4 is 0 Å². The van der Waals surface area contributed by atoms with E-state index in [9.17, 15) is 19.7 Å². The number of benzene rings is 1. The number of para-hydroxylation sites is 1. The van der Waals surface area contributed by atoms with Gasteiger partial charge in [0.25, 0.3) is 5.69 Å². The van der Waals surface area contributed by atoms with Crippen LogP contribution in [0, 0.1) is 22.0 Å². The van der Waals surface area contributed by atoms with Crippen LogP contribution in [0.25, 0.3) is 0 Å². The average molecular weight is 376 g/mol. The van der Waals surface area contributed by atoms with E-state index in [-0.39, 0.29) is 18.9 Å². The van der Waals surface area contributed by atoms with Gasteiger partial charge in [-0.15, -0.1) is 0 Å². The summed E-state index contributed by atoms with van der Waals surface area (Å²) in [5.74, 6) is -3.60. The fraction of sp³-hybridized carbons (Fsp3) is 0.526. The lowest BCUT2D eigenvalue weighted by Gasteiger charge is -2.37. The molecule has 4 atom stereocenters. The number of carbonyl (C=O) groups is 2. The first kappa shape index (κ1) is 20.5. The summed E-state index contributed by atoms with van der Waals surface area (Å²) in [7, 11) is 0. The Morgan fingerprint density at radius 1 is 1.15 bits per heavy atom. The summed E-state index contributed by atoms with van der Waals surface area (Å²) >= 11 is 0. The molecule has 8 heteroatoms. The minimum atomic E-state index is -0.892. The van der Waals surface area contributed by atoms with Gasteiger partial charge in [-0.3, -0.25) is 24.7 Å². The van der Waals surface area contributed by atoms with E-state index in [2.05, 4.69) is 4.99 Å². The minimum Gasteiger partial charge on any atom is -0.466 e. The van der Waals surface area contributed by atoms with Gasteiger partial charge in [0.15, 0.2) is 0 Å². The molecular weight excluding hydrogens is 352 g/mol. The molecule has 27 heavy (non-hydrogen) atoms. The summed E-state index contributed by atoms with van der Waals surface area (Å²) in [5.41, 5.74) is 0.650. The SMILES string of the molecule is CCOC(=O)C1C(C)=NC(C)C(C(=O)OCC)C1c1ccccc1[N+](=O)[O-]. The Kier molecular flexibility index (Phi) is 6.65. The van der Waals surface area contributed by atoms with Crippen molar-refractivity contribution >= 4 is 23.3 Å². The molecule has 0 spiro atoms. The van der Waals surface area contributed by atoms with Crippen molar-refractivity contribution in [3.63, 3.8) is 0 Å². The number of carbonyl (C=O) groups excluding carboxylic acids is 2. The Morgan fingerprint density at radius 3 is 2.33 bits per heavy atom. The van der Waals surface area contributed by atoms with Crippen molar-refractivity contribution in [2.75, 3.05) is 13.2 Å². The molecule has 1 aromatic rings. The van der Waals surface area contributed by atoms with E-state index in [1.165, 1.54) is 6.07 Å². The normalized spacial score (nSPS) is 24.7. The number of esters is 2. The maximum absolute atomic E-state index is 12.7. The summed E-state index contributed by atoms with van der Waals surface area (Å²) in [5, 5.41) is 11.6. The maximum Gasteiger partial charge on any atom is 0.315 e. The minimum absolute atomic E-state index is 0.145. The molecule has 0 N–H and O–H groups in total. The lowest BCUT2D eigenvalue weighted by Crippen LogP contribution is -2.45. The highest BCUT2D eigenvalue weighted by atomic mass is 16.6. The molecule has 0 aromatic heterocycles. The molecule has 0 amide bonds. The summed E-state index contributed by atoms with van der Waals surface area (Å²) in [4.78, 5) is 40.9. The zero-order valence-electron chi connectivity index (χ0n) is 15.9. The molecule has 0 fully saturated rings. The first-order valence-electron chi connectivity index (χ1n) is 8.94. The molecule has 2 rings (SSSR count). The van der Waals surface area contributed by atoms with Crippen LogP contribution in [-0.4, -0.2) is 41.8 Å². The second-order valence-corrected chi connectivity index (χ2v) is 6.36. The highest BCUT2D eigenvalue weighted by Crippen LogP contribution is 2.44. The van der Waals surface area contributed by atoms with Gasteiger partial charge < -0.3 is 9.47 Å². The summed E-state index contributed by atoms with van der Waals surface area (Å²) in [6.45, 7) is 7.11. The van der Waals surface area contributed by atoms with Crippen LogP contribution >= 0.6 is 0 Å². The van der Waals surface area contributed by atoms with Crippen LogP contribution in [-0.2, 0) is 19.1 Å². The molecule has 146 valence electrons. The van der Waals surface area contributed by atoms with Crippen molar-refractivity contribution in [3.05, 3.63) is 39.9 Å². The van der Waals surface area contributed by atoms with Crippen molar-refractivity contribution in [2.24, 2.45) is 16.8 Å². The highest BCUT2D eigenvalue weighted by molar-refractivity contribution is 6.03. The van der Waals surface area contributed by atoms with Crippen LogP contribution in [0.4, 0.5) is 5.69 Å². The quantitative estimate of drug-likeness (QED) is 0.429. The molecule has 0 bridgehead atoms. The van der Waals surface area contributed by atoms with Crippen molar-refractivity contribution in [3.8, 4) is 0 Å². The topological polar surface area (TPSA) is 108 Å². The predicted molar refractivity (Wildman–Crippen MR) is 98.7 cm³/mol. The largest absolute Gasteiger partial charge is 0.466 e. The molecule has 0 radical (unpaired) electrons. The Labute approximate surface area is 157 Å². The summed E-state index contributed by atoms with van der Waals surface area (Å²) in [6.07, 6.45) is 0. The molecule has 1 aromatic carbocycles. The summed E-state index contributed by atoms with van der Waals surface area (Å²) in [6, 6.07) is 5.66. The van der Waals surface area contributed by atoms with Crippen LogP contribution in [0.5, 0.6) is 0 Å². The van der Waals surface area contributed by atoms with Crippen molar-refractivity contribution in [1.82, 2.24) is 0 Å². The molecule has 1 aliphatic rings. The molecule has 0 saturated heterocycles. The monoisotopic (exact) mass is 376 g/mol. The highest BCUT2D eigenvalue weighted by Gasteiger charge is 2.49. The number of hydrogen-bond donors (Lipinski definition) is 0. The lowest BCUT2D eigenvalue weighted by molar-refractivity contribution is -0.385. The second kappa shape index (κ2) is 8.75. The van der Waals surface area contributed by atoms with Gasteiger partial charge in [0.05, 0.1) is 30.1 Å². The number of rotatable bonds is 6. The number of nitro groups is 1. The van der Waals surface area contributed by atoms with Crippen molar-refractivity contribution < 1.29 is 24.0 Å². The van der Waals surface area contributed by atoms with Crippen LogP contribution in [0.2, 0.25) is 0 Å². The third kappa shape index (κ3) is 4.15. The summed E-state index contributed by atoms with van der Waals surface area (Å²) < 4.78 is 10.4. The Bertz CT molecular complexity index is 760. The van der Waals surface area contributed by atoms with E-state index in [1.807, 2.05) is 0 Å². The zero-order chi connectivity index (χ0) is 20.1. The van der Waals surface area contributed by atoms with E-state index in [0.717, 1.165) is 0 Å². The first-order chi connectivity index (χ1) is 12.8. The molecule has 1 aliphatic heterocycles. The number of aliphatic imine (C=N–C) groups is 1. The van der Waals surface area contributed by atoms with Gasteiger partial charge in [-0.05, 0) is 27.7 Å². The molecule has 8 nitrogen and oxygen atoms in total. The third-order valence-electron chi connectivity index (χ3n) is 4.71. The fourth-order valence-electron chi connectivity index (χ4n) is 3.69. The first-order valence-corrected chi connectivity index (χ1v) is 8.94. The number of nitrogens with zero attached hydrogens (tertiary/aromatic N) is 2. The average Bonchev–Trinajstić information content (AvgIpc) is 2.61. The standard InChI is InChI=1S/C19H24N2O6/c1-5-26-18(22)15-11(3)20-12(4)16(19(23)27-6-2)17(15)13-9-7-8-10-14(13)21(24)25/h7-11,15-17H,5-6H2,1-4H3. The van der Waals surface area contributed by atoms with Gasteiger partial charge in [0.1, 0.15) is 5.92 Å². The van der Waals surface area contributed by atoms with Crippen LogP contribution in [0.3, 0.4) is 0 Å². The molecule has 1 heterocycles. The van der Waals surface area contributed by atoms with Crippen LogP contribution in [0.1, 0.15) is 39.2 Å². The molecule has 4 unspecified atom stereocenters. The Balaban J connectivity index is 2.68. The van der Waals surface area contributed by atoms with Crippen molar-refractivity contribution in [2.45, 2.75) is 39.7 Å². The van der Waals surface area contributed by atoms with E-state index in [4.69, 9.17) is 9.47 Å². The zero-order valence-corrected chi connectivity index (χ0v) is 15.9. The van der Waals surface area contributed by atoms with Gasteiger partial charge in [0, 0.05) is 23.3 Å². The van der Waals surface area contributed by atoms with Crippen molar-refractivity contribution in [1.29, 1.82) is 0 Å². The van der Waals surface area contributed by atoms with E-state index < -0.39 is 40.7 Å². The Hall–Kier alpha value is -2.77. The van der Waals surface area contributed by atoms with E-state index >= 15 is 0 Å². The van der Waals surface area contributed by atoms with Gasteiger partial charge in [-0.25, -0.2) is 0 Å². The smallest absolute Gasteiger partial charge is 0.315 e. The van der Waals surface area contributed by atoms with Gasteiger partial charge in [-0.2, -0.15) is 0 Å². The Morgan fingerprint density at radius 2 is 1.74 bits per heavy atom.